The van der Waals surface area contributed by atoms with Gasteiger partial charge in [0, 0.05) is 12.1 Å². The first-order valence-electron chi connectivity index (χ1n) is 6.96. The molecule has 0 bridgehead atoms. The summed E-state index contributed by atoms with van der Waals surface area (Å²) in [4.78, 5) is 23.4. The van der Waals surface area contributed by atoms with Gasteiger partial charge in [0.15, 0.2) is 0 Å². The van der Waals surface area contributed by atoms with Crippen LogP contribution < -0.4 is 10.0 Å². The maximum atomic E-state index is 12.1. The lowest BCUT2D eigenvalue weighted by Crippen LogP contribution is -2.59. The van der Waals surface area contributed by atoms with E-state index < -0.39 is 27.4 Å². The van der Waals surface area contributed by atoms with Gasteiger partial charge in [-0.25, -0.2) is 17.9 Å². The van der Waals surface area contributed by atoms with Crippen LogP contribution in [0.3, 0.4) is 0 Å². The van der Waals surface area contributed by atoms with Gasteiger partial charge in [-0.05, 0) is 43.5 Å². The first-order valence-corrected chi connectivity index (χ1v) is 8.45. The van der Waals surface area contributed by atoms with Crippen LogP contribution >= 0.6 is 0 Å². The predicted molar refractivity (Wildman–Crippen MR) is 79.0 cm³/mol. The number of benzene rings is 1. The van der Waals surface area contributed by atoms with E-state index in [9.17, 15) is 23.1 Å². The minimum Gasteiger partial charge on any atom is -0.480 e. The van der Waals surface area contributed by atoms with Gasteiger partial charge in [0.1, 0.15) is 5.54 Å². The first-order chi connectivity index (χ1) is 10.3. The number of aliphatic carboxylic acids is 1. The number of carboxylic acids is 1. The summed E-state index contributed by atoms with van der Waals surface area (Å²) in [7, 11) is -3.57. The molecule has 1 aromatic carbocycles. The van der Waals surface area contributed by atoms with Crippen LogP contribution in [0.1, 0.15) is 36.5 Å². The molecule has 3 N–H and O–H groups in total. The average molecular weight is 326 g/mol. The molecule has 7 nitrogen and oxygen atoms in total. The molecule has 0 saturated heterocycles. The molecule has 1 saturated carbocycles. The number of carbonyl (C=O) groups excluding carboxylic acids is 1. The van der Waals surface area contributed by atoms with Crippen molar-refractivity contribution < 1.29 is 23.1 Å². The van der Waals surface area contributed by atoms with Gasteiger partial charge in [0.05, 0.1) is 4.90 Å². The Bertz CT molecular complexity index is 678. The first kappa shape index (κ1) is 16.4. The molecule has 1 aliphatic rings. The molecule has 120 valence electrons. The highest BCUT2D eigenvalue weighted by Gasteiger charge is 2.45. The van der Waals surface area contributed by atoms with E-state index in [0.717, 1.165) is 6.42 Å². The van der Waals surface area contributed by atoms with E-state index in [1.807, 2.05) is 0 Å². The van der Waals surface area contributed by atoms with Crippen LogP contribution in [0.25, 0.3) is 0 Å². The molecule has 0 spiro atoms. The number of rotatable bonds is 6. The lowest BCUT2D eigenvalue weighted by atomic mass is 9.76. The van der Waals surface area contributed by atoms with Gasteiger partial charge in [0.25, 0.3) is 5.91 Å². The highest BCUT2D eigenvalue weighted by molar-refractivity contribution is 7.89. The monoisotopic (exact) mass is 326 g/mol. The van der Waals surface area contributed by atoms with Gasteiger partial charge in [-0.3, -0.25) is 4.79 Å². The standard InChI is InChI=1S/C14H18N2O5S/c1-2-15-22(20,21)11-6-4-10(5-7-11)12(17)16-14(13(18)19)8-3-9-14/h4-7,15H,2-3,8-9H2,1H3,(H,16,17)(H,18,19). The van der Waals surface area contributed by atoms with Gasteiger partial charge in [-0.15, -0.1) is 0 Å². The zero-order chi connectivity index (χ0) is 16.4. The molecule has 1 aliphatic carbocycles. The Morgan fingerprint density at radius 3 is 2.23 bits per heavy atom. The normalized spacial score (nSPS) is 16.6. The van der Waals surface area contributed by atoms with Crippen molar-refractivity contribution in [3.8, 4) is 0 Å². The van der Waals surface area contributed by atoms with E-state index in [1.165, 1.54) is 24.3 Å². The van der Waals surface area contributed by atoms with Crippen molar-refractivity contribution in [3.05, 3.63) is 29.8 Å². The van der Waals surface area contributed by atoms with E-state index in [1.54, 1.807) is 6.92 Å². The summed E-state index contributed by atoms with van der Waals surface area (Å²) in [5, 5.41) is 11.7. The molecule has 1 amide bonds. The second kappa shape index (κ2) is 6.05. The number of sulfonamides is 1. The maximum absolute atomic E-state index is 12.1. The third-order valence-electron chi connectivity index (χ3n) is 3.73. The summed E-state index contributed by atoms with van der Waals surface area (Å²) < 4.78 is 25.9. The predicted octanol–water partition coefficient (Wildman–Crippen LogP) is 0.722. The van der Waals surface area contributed by atoms with Crippen molar-refractivity contribution in [2.24, 2.45) is 0 Å². The highest BCUT2D eigenvalue weighted by atomic mass is 32.2. The molecule has 0 aromatic heterocycles. The third kappa shape index (κ3) is 3.12. The Kier molecular flexibility index (Phi) is 4.52. The molecule has 0 radical (unpaired) electrons. The molecule has 8 heteroatoms. The number of carboxylic acid groups (broad SMARTS) is 1. The average Bonchev–Trinajstić information content (AvgIpc) is 2.42. The number of hydrogen-bond acceptors (Lipinski definition) is 4. The SMILES string of the molecule is CCNS(=O)(=O)c1ccc(C(=O)NC2(C(=O)O)CCC2)cc1. The second-order valence-electron chi connectivity index (χ2n) is 5.22. The molecule has 2 rings (SSSR count). The molecule has 1 aromatic rings. The van der Waals surface area contributed by atoms with Gasteiger partial charge >= 0.3 is 5.97 Å². The summed E-state index contributed by atoms with van der Waals surface area (Å²) in [6, 6.07) is 5.38. The zero-order valence-corrected chi connectivity index (χ0v) is 12.9. The van der Waals surface area contributed by atoms with Crippen LogP contribution in [-0.4, -0.2) is 37.5 Å². The van der Waals surface area contributed by atoms with Crippen molar-refractivity contribution in [3.63, 3.8) is 0 Å². The summed E-state index contributed by atoms with van der Waals surface area (Å²) in [6.45, 7) is 1.94. The zero-order valence-electron chi connectivity index (χ0n) is 12.1. The van der Waals surface area contributed by atoms with E-state index in [4.69, 9.17) is 0 Å². The van der Waals surface area contributed by atoms with Crippen molar-refractivity contribution in [2.75, 3.05) is 6.54 Å². The smallest absolute Gasteiger partial charge is 0.329 e. The summed E-state index contributed by atoms with van der Waals surface area (Å²) >= 11 is 0. The largest absolute Gasteiger partial charge is 0.480 e. The van der Waals surface area contributed by atoms with Crippen LogP contribution in [0.15, 0.2) is 29.2 Å². The molecule has 0 atom stereocenters. The maximum Gasteiger partial charge on any atom is 0.329 e. The van der Waals surface area contributed by atoms with Crippen LogP contribution in [0.5, 0.6) is 0 Å². The Morgan fingerprint density at radius 2 is 1.82 bits per heavy atom. The number of amides is 1. The lowest BCUT2D eigenvalue weighted by molar-refractivity contribution is -0.148. The Hall–Kier alpha value is -1.93. The van der Waals surface area contributed by atoms with Gasteiger partial charge in [-0.2, -0.15) is 0 Å². The van der Waals surface area contributed by atoms with Gasteiger partial charge < -0.3 is 10.4 Å². The minimum atomic E-state index is -3.57. The number of carbonyl (C=O) groups is 2. The van der Waals surface area contributed by atoms with Crippen molar-refractivity contribution in [2.45, 2.75) is 36.6 Å². The Labute approximate surface area is 128 Å². The summed E-state index contributed by atoms with van der Waals surface area (Å²) in [5.74, 6) is -1.56. The Morgan fingerprint density at radius 1 is 1.23 bits per heavy atom. The fraction of sp³-hybridized carbons (Fsp3) is 0.429. The molecule has 22 heavy (non-hydrogen) atoms. The van der Waals surface area contributed by atoms with Gasteiger partial charge in [-0.1, -0.05) is 6.92 Å². The summed E-state index contributed by atoms with van der Waals surface area (Å²) in [6.07, 6.45) is 1.56. The van der Waals surface area contributed by atoms with E-state index >= 15 is 0 Å². The quantitative estimate of drug-likeness (QED) is 0.713. The molecular formula is C14H18N2O5S. The molecular weight excluding hydrogens is 308 g/mol. The number of hydrogen-bond donors (Lipinski definition) is 3. The third-order valence-corrected chi connectivity index (χ3v) is 5.29. The van der Waals surface area contributed by atoms with Crippen molar-refractivity contribution in [1.82, 2.24) is 10.0 Å². The molecule has 0 unspecified atom stereocenters. The molecule has 1 fully saturated rings. The number of nitrogens with one attached hydrogen (secondary N) is 2. The van der Waals surface area contributed by atoms with E-state index in [2.05, 4.69) is 10.0 Å². The summed E-state index contributed by atoms with van der Waals surface area (Å²) in [5.41, 5.74) is -0.964. The second-order valence-corrected chi connectivity index (χ2v) is 6.99. The van der Waals surface area contributed by atoms with Crippen LogP contribution in [-0.2, 0) is 14.8 Å². The topological polar surface area (TPSA) is 113 Å². The fourth-order valence-electron chi connectivity index (χ4n) is 2.27. The fourth-order valence-corrected chi connectivity index (χ4v) is 3.31. The van der Waals surface area contributed by atoms with Crippen LogP contribution in [0.2, 0.25) is 0 Å². The highest BCUT2D eigenvalue weighted by Crippen LogP contribution is 2.32. The molecule has 0 heterocycles. The molecule has 0 aliphatic heterocycles. The van der Waals surface area contributed by atoms with E-state index in [0.29, 0.717) is 12.8 Å². The minimum absolute atomic E-state index is 0.0579. The van der Waals surface area contributed by atoms with Gasteiger partial charge in [0.2, 0.25) is 10.0 Å². The van der Waals surface area contributed by atoms with Crippen LogP contribution in [0, 0.1) is 0 Å². The Balaban J connectivity index is 2.14. The van der Waals surface area contributed by atoms with Crippen molar-refractivity contribution in [1.29, 1.82) is 0 Å². The van der Waals surface area contributed by atoms with Crippen LogP contribution in [0.4, 0.5) is 0 Å². The van der Waals surface area contributed by atoms with Crippen molar-refractivity contribution >= 4 is 21.9 Å². The lowest BCUT2D eigenvalue weighted by Gasteiger charge is -2.38. The van der Waals surface area contributed by atoms with E-state index in [-0.39, 0.29) is 17.0 Å².